The molecule has 3 aromatic carbocycles. The number of rotatable bonds is 3. The molecule has 0 bridgehead atoms. The van der Waals surface area contributed by atoms with Crippen LogP contribution in [0.15, 0.2) is 78.9 Å². The minimum atomic E-state index is 0.705. The lowest BCUT2D eigenvalue weighted by molar-refractivity contribution is 1.06. The van der Waals surface area contributed by atoms with Gasteiger partial charge in [0.25, 0.3) is 0 Å². The van der Waals surface area contributed by atoms with Crippen LogP contribution in [-0.2, 0) is 0 Å². The summed E-state index contributed by atoms with van der Waals surface area (Å²) in [5, 5.41) is 15.0. The summed E-state index contributed by atoms with van der Waals surface area (Å²) >= 11 is 5.94. The van der Waals surface area contributed by atoms with Gasteiger partial charge < -0.3 is 5.32 Å². The average molecular weight is 332 g/mol. The van der Waals surface area contributed by atoms with Gasteiger partial charge in [-0.25, -0.2) is 0 Å². The quantitative estimate of drug-likeness (QED) is 0.523. The fraction of sp³-hybridized carbons (Fsp3) is 0. The molecule has 0 amide bonds. The lowest BCUT2D eigenvalue weighted by Gasteiger charge is -2.11. The van der Waals surface area contributed by atoms with Crippen molar-refractivity contribution in [1.82, 2.24) is 10.2 Å². The third-order valence-electron chi connectivity index (χ3n) is 3.84. The van der Waals surface area contributed by atoms with E-state index < -0.39 is 0 Å². The van der Waals surface area contributed by atoms with Gasteiger partial charge in [-0.3, -0.25) is 0 Å². The van der Waals surface area contributed by atoms with E-state index in [4.69, 9.17) is 11.6 Å². The lowest BCUT2D eigenvalue weighted by atomic mass is 10.0. The van der Waals surface area contributed by atoms with Crippen molar-refractivity contribution in [2.24, 2.45) is 0 Å². The first-order valence-corrected chi connectivity index (χ1v) is 8.02. The molecule has 24 heavy (non-hydrogen) atoms. The number of halogens is 1. The summed E-state index contributed by atoms with van der Waals surface area (Å²) in [5.74, 6) is 0.729. The van der Waals surface area contributed by atoms with Gasteiger partial charge in [-0.15, -0.1) is 10.2 Å². The Morgan fingerprint density at radius 1 is 0.667 bits per heavy atom. The average Bonchev–Trinajstić information content (AvgIpc) is 2.64. The molecule has 0 atom stereocenters. The highest BCUT2D eigenvalue weighted by Crippen LogP contribution is 2.31. The molecule has 1 aromatic heterocycles. The van der Waals surface area contributed by atoms with Crippen molar-refractivity contribution in [2.45, 2.75) is 0 Å². The predicted molar refractivity (Wildman–Crippen MR) is 99.7 cm³/mol. The monoisotopic (exact) mass is 331 g/mol. The summed E-state index contributed by atoms with van der Waals surface area (Å²) in [7, 11) is 0. The van der Waals surface area contributed by atoms with Gasteiger partial charge in [0, 0.05) is 27.0 Å². The van der Waals surface area contributed by atoms with Crippen molar-refractivity contribution < 1.29 is 0 Å². The van der Waals surface area contributed by atoms with Crippen LogP contribution < -0.4 is 5.32 Å². The number of fused-ring (bicyclic) bond motifs is 1. The Morgan fingerprint density at radius 3 is 2.08 bits per heavy atom. The second-order valence-corrected chi connectivity index (χ2v) is 5.88. The molecule has 4 heteroatoms. The second-order valence-electron chi connectivity index (χ2n) is 5.44. The van der Waals surface area contributed by atoms with Crippen LogP contribution in [0.3, 0.4) is 0 Å². The first-order valence-electron chi connectivity index (χ1n) is 7.65. The molecule has 0 saturated carbocycles. The standard InChI is InChI=1S/C20H14ClN3/c21-15-10-12-16(13-11-15)22-20-18-9-5-4-8-17(18)19(23-24-20)14-6-2-1-3-7-14/h1-13H,(H,22,24). The number of nitrogens with one attached hydrogen (secondary N) is 1. The number of nitrogens with zero attached hydrogens (tertiary/aromatic N) is 2. The minimum Gasteiger partial charge on any atom is -0.338 e. The maximum absolute atomic E-state index is 5.94. The zero-order chi connectivity index (χ0) is 16.4. The lowest BCUT2D eigenvalue weighted by Crippen LogP contribution is -1.99. The molecule has 4 aromatic rings. The summed E-state index contributed by atoms with van der Waals surface area (Å²) in [5.41, 5.74) is 2.86. The highest BCUT2D eigenvalue weighted by molar-refractivity contribution is 6.30. The van der Waals surface area contributed by atoms with Crippen molar-refractivity contribution in [3.8, 4) is 11.3 Å². The van der Waals surface area contributed by atoms with Crippen LogP contribution in [0.2, 0.25) is 5.02 Å². The highest BCUT2D eigenvalue weighted by atomic mass is 35.5. The van der Waals surface area contributed by atoms with Crippen LogP contribution in [0.5, 0.6) is 0 Å². The molecular weight excluding hydrogens is 318 g/mol. The maximum atomic E-state index is 5.94. The maximum Gasteiger partial charge on any atom is 0.161 e. The molecule has 116 valence electrons. The first kappa shape index (κ1) is 14.7. The van der Waals surface area contributed by atoms with E-state index in [0.717, 1.165) is 33.5 Å². The summed E-state index contributed by atoms with van der Waals surface area (Å²) < 4.78 is 0. The van der Waals surface area contributed by atoms with E-state index in [-0.39, 0.29) is 0 Å². The van der Waals surface area contributed by atoms with Crippen LogP contribution in [0.25, 0.3) is 22.0 Å². The number of anilines is 2. The van der Waals surface area contributed by atoms with Crippen molar-refractivity contribution in [3.63, 3.8) is 0 Å². The van der Waals surface area contributed by atoms with Crippen molar-refractivity contribution in [3.05, 3.63) is 83.9 Å². The topological polar surface area (TPSA) is 37.8 Å². The fourth-order valence-electron chi connectivity index (χ4n) is 2.68. The molecule has 0 radical (unpaired) electrons. The zero-order valence-electron chi connectivity index (χ0n) is 12.8. The van der Waals surface area contributed by atoms with E-state index in [2.05, 4.69) is 27.6 Å². The summed E-state index contributed by atoms with van der Waals surface area (Å²) in [4.78, 5) is 0. The van der Waals surface area contributed by atoms with Crippen LogP contribution in [0.4, 0.5) is 11.5 Å². The number of benzene rings is 3. The molecule has 0 fully saturated rings. The summed E-state index contributed by atoms with van der Waals surface area (Å²) in [6.45, 7) is 0. The van der Waals surface area contributed by atoms with Crippen LogP contribution in [-0.4, -0.2) is 10.2 Å². The van der Waals surface area contributed by atoms with Crippen molar-refractivity contribution >= 4 is 33.9 Å². The van der Waals surface area contributed by atoms with Crippen molar-refractivity contribution in [2.75, 3.05) is 5.32 Å². The number of hydrogen-bond acceptors (Lipinski definition) is 3. The number of hydrogen-bond donors (Lipinski definition) is 1. The smallest absolute Gasteiger partial charge is 0.161 e. The van der Waals surface area contributed by atoms with E-state index in [1.165, 1.54) is 0 Å². The van der Waals surface area contributed by atoms with Gasteiger partial charge in [0.05, 0.1) is 0 Å². The SMILES string of the molecule is Clc1ccc(Nc2nnc(-c3ccccc3)c3ccccc23)cc1. The zero-order valence-corrected chi connectivity index (χ0v) is 13.5. The van der Waals surface area contributed by atoms with Gasteiger partial charge in [-0.05, 0) is 24.3 Å². The van der Waals surface area contributed by atoms with Crippen molar-refractivity contribution in [1.29, 1.82) is 0 Å². The van der Waals surface area contributed by atoms with Crippen LogP contribution in [0, 0.1) is 0 Å². The van der Waals surface area contributed by atoms with Gasteiger partial charge in [-0.1, -0.05) is 66.2 Å². The number of aromatic nitrogens is 2. The van der Waals surface area contributed by atoms with E-state index in [9.17, 15) is 0 Å². The van der Waals surface area contributed by atoms with E-state index in [1.54, 1.807) is 0 Å². The van der Waals surface area contributed by atoms with E-state index in [0.29, 0.717) is 5.02 Å². The Hall–Kier alpha value is -2.91. The van der Waals surface area contributed by atoms with Gasteiger partial charge >= 0.3 is 0 Å². The fourth-order valence-corrected chi connectivity index (χ4v) is 2.80. The molecule has 4 rings (SSSR count). The van der Waals surface area contributed by atoms with Gasteiger partial charge in [0.2, 0.25) is 0 Å². The Kier molecular flexibility index (Phi) is 3.85. The Morgan fingerprint density at radius 2 is 1.33 bits per heavy atom. The molecule has 0 saturated heterocycles. The molecule has 1 heterocycles. The van der Waals surface area contributed by atoms with Gasteiger partial charge in [0.15, 0.2) is 5.82 Å². The Balaban J connectivity index is 1.82. The van der Waals surface area contributed by atoms with Crippen LogP contribution in [0.1, 0.15) is 0 Å². The normalized spacial score (nSPS) is 10.7. The molecule has 0 aliphatic heterocycles. The third-order valence-corrected chi connectivity index (χ3v) is 4.09. The van der Waals surface area contributed by atoms with Gasteiger partial charge in [0.1, 0.15) is 5.69 Å². The van der Waals surface area contributed by atoms with Crippen LogP contribution >= 0.6 is 11.6 Å². The minimum absolute atomic E-state index is 0.705. The molecule has 0 unspecified atom stereocenters. The summed E-state index contributed by atoms with van der Waals surface area (Å²) in [6, 6.07) is 25.8. The second kappa shape index (κ2) is 6.30. The predicted octanol–water partition coefficient (Wildman–Crippen LogP) is 5.69. The molecule has 0 aliphatic carbocycles. The highest BCUT2D eigenvalue weighted by Gasteiger charge is 2.10. The summed E-state index contributed by atoms with van der Waals surface area (Å²) in [6.07, 6.45) is 0. The molecule has 0 aliphatic rings. The molecule has 1 N–H and O–H groups in total. The molecule has 0 spiro atoms. The molecule has 3 nitrogen and oxygen atoms in total. The van der Waals surface area contributed by atoms with Gasteiger partial charge in [-0.2, -0.15) is 0 Å². The Labute approximate surface area is 144 Å². The Bertz CT molecular complexity index is 983. The van der Waals surface area contributed by atoms with E-state index in [1.807, 2.05) is 66.7 Å². The molecular formula is C20H14ClN3. The van der Waals surface area contributed by atoms with E-state index >= 15 is 0 Å². The first-order chi connectivity index (χ1) is 11.8. The largest absolute Gasteiger partial charge is 0.338 e. The third kappa shape index (κ3) is 2.82.